The third-order valence-corrected chi connectivity index (χ3v) is 19.4. The third-order valence-electron chi connectivity index (χ3n) is 14.4. The Hall–Kier alpha value is 1.56. The van der Waals surface area contributed by atoms with Crippen molar-refractivity contribution in [3.05, 3.63) is 0 Å². The van der Waals surface area contributed by atoms with Crippen molar-refractivity contribution in [3.8, 4) is 0 Å². The van der Waals surface area contributed by atoms with Crippen LogP contribution < -0.4 is 42.5 Å². The molecule has 9 rings (SSSR count). The Morgan fingerprint density at radius 2 is 0.702 bits per heavy atom. The molecule has 0 aromatic carbocycles. The van der Waals surface area contributed by atoms with Crippen LogP contribution in [0.5, 0.6) is 0 Å². The number of rotatable bonds is 3. The molecule has 5 heterocycles. The van der Waals surface area contributed by atoms with Crippen molar-refractivity contribution in [2.24, 2.45) is 47.3 Å². The Balaban J connectivity index is 1.06. The van der Waals surface area contributed by atoms with Crippen molar-refractivity contribution < 1.29 is 4.74 Å². The van der Waals surface area contributed by atoms with Crippen molar-refractivity contribution >= 4 is 63.7 Å². The average Bonchev–Trinajstić information content (AvgIpc) is 3.80. The van der Waals surface area contributed by atoms with Gasteiger partial charge in [0.2, 0.25) is 0 Å². The number of hydrogen-bond donors (Lipinski definition) is 8. The molecule has 8 bridgehead atoms. The van der Waals surface area contributed by atoms with Crippen molar-refractivity contribution in [1.29, 1.82) is 0 Å². The van der Waals surface area contributed by atoms with Gasteiger partial charge in [0.1, 0.15) is 3.74 Å². The highest BCUT2D eigenvalue weighted by atomic mass is 79.9. The number of nitrogens with one attached hydrogen (secondary N) is 8. The van der Waals surface area contributed by atoms with E-state index in [0.717, 1.165) is 6.42 Å². The van der Waals surface area contributed by atoms with Crippen molar-refractivity contribution in [2.45, 2.75) is 159 Å². The first-order chi connectivity index (χ1) is 22.8. The lowest BCUT2D eigenvalue weighted by Crippen LogP contribution is -2.62. The predicted octanol–water partition coefficient (Wildman–Crippen LogP) is 5.16. The molecule has 17 atom stereocenters. The summed E-state index contributed by atoms with van der Waals surface area (Å²) < 4.78 is 6.19. The topological polar surface area (TPSA) is 105 Å². The number of hydrogen-bond acceptors (Lipinski definition) is 9. The number of alkyl halides is 4. The van der Waals surface area contributed by atoms with E-state index in [9.17, 15) is 0 Å². The van der Waals surface area contributed by atoms with Crippen molar-refractivity contribution in [3.63, 3.8) is 0 Å². The predicted molar refractivity (Wildman–Crippen MR) is 200 cm³/mol. The van der Waals surface area contributed by atoms with Crippen LogP contribution in [0.3, 0.4) is 0 Å². The van der Waals surface area contributed by atoms with Crippen LogP contribution in [0.1, 0.15) is 96.3 Å². The molecule has 8 N–H and O–H groups in total. The molecule has 0 radical (unpaired) electrons. The standard InChI is InChI=1S/C34H56Br4N8O/c35-33(36)34(37,38)47-23-15-7-14-22-24(23)32-45-30-21-13-6-5-12-20(21)28(43-30)41-26-17-9-2-1-8-16(17)25(39-26)40-27-18-10-3-4-11-19(18)29(42-27)44-31(22)46-32/h16-33,39-46H,1-15H2. The van der Waals surface area contributed by atoms with Crippen LogP contribution in [0.25, 0.3) is 0 Å². The minimum atomic E-state index is -0.669. The maximum atomic E-state index is 6.91. The normalized spacial score (nSPS) is 52.9. The Morgan fingerprint density at radius 3 is 1.04 bits per heavy atom. The van der Waals surface area contributed by atoms with E-state index in [2.05, 4.69) is 106 Å². The summed E-state index contributed by atoms with van der Waals surface area (Å²) >= 11 is 15.1. The molecule has 4 saturated carbocycles. The van der Waals surface area contributed by atoms with Crippen LogP contribution in [-0.2, 0) is 4.74 Å². The molecular formula is C34H56Br4N8O. The molecule has 0 spiro atoms. The highest BCUT2D eigenvalue weighted by molar-refractivity contribution is 9.29. The molecule has 9 aliphatic rings. The lowest BCUT2D eigenvalue weighted by atomic mass is 9.75. The molecule has 13 heteroatoms. The summed E-state index contributed by atoms with van der Waals surface area (Å²) in [4.78, 5) is 0. The van der Waals surface area contributed by atoms with Gasteiger partial charge in [0, 0.05) is 5.92 Å². The molecule has 47 heavy (non-hydrogen) atoms. The van der Waals surface area contributed by atoms with Crippen LogP contribution in [0.4, 0.5) is 0 Å². The summed E-state index contributed by atoms with van der Waals surface area (Å²) in [5.41, 5.74) is 0. The molecule has 9 fully saturated rings. The maximum absolute atomic E-state index is 6.91. The lowest BCUT2D eigenvalue weighted by Gasteiger charge is -2.41. The monoisotopic (exact) mass is 908 g/mol. The van der Waals surface area contributed by atoms with Gasteiger partial charge in [0.25, 0.3) is 0 Å². The molecule has 0 aromatic rings. The zero-order valence-electron chi connectivity index (χ0n) is 27.4. The van der Waals surface area contributed by atoms with Gasteiger partial charge in [-0.05, 0) is 125 Å². The van der Waals surface area contributed by atoms with E-state index < -0.39 is 3.42 Å². The number of halogens is 4. The smallest absolute Gasteiger partial charge is 0.200 e. The summed E-state index contributed by atoms with van der Waals surface area (Å²) in [6, 6.07) is 0. The maximum Gasteiger partial charge on any atom is 0.200 e. The Bertz CT molecular complexity index is 1120. The number of ether oxygens (including phenoxy) is 1. The van der Waals surface area contributed by atoms with Crippen LogP contribution in [0, 0.1) is 47.3 Å². The van der Waals surface area contributed by atoms with Crippen molar-refractivity contribution in [2.75, 3.05) is 0 Å². The average molecular weight is 912 g/mol. The molecule has 5 saturated heterocycles. The van der Waals surface area contributed by atoms with Crippen LogP contribution in [0.15, 0.2) is 0 Å². The highest BCUT2D eigenvalue weighted by Gasteiger charge is 2.56. The highest BCUT2D eigenvalue weighted by Crippen LogP contribution is 2.49. The van der Waals surface area contributed by atoms with E-state index in [1.54, 1.807) is 0 Å². The quantitative estimate of drug-likeness (QED) is 0.183. The fraction of sp³-hybridized carbons (Fsp3) is 1.00. The van der Waals surface area contributed by atoms with E-state index in [0.29, 0.717) is 78.2 Å². The van der Waals surface area contributed by atoms with E-state index >= 15 is 0 Å². The molecule has 17 unspecified atom stereocenters. The van der Waals surface area contributed by atoms with E-state index in [-0.39, 0.29) is 28.3 Å². The van der Waals surface area contributed by atoms with E-state index in [1.807, 2.05) is 0 Å². The molecule has 9 nitrogen and oxygen atoms in total. The van der Waals surface area contributed by atoms with Gasteiger partial charge in [-0.3, -0.25) is 42.5 Å². The number of fused-ring (bicyclic) bond motifs is 20. The first kappa shape index (κ1) is 34.3. The van der Waals surface area contributed by atoms with Gasteiger partial charge >= 0.3 is 0 Å². The van der Waals surface area contributed by atoms with Gasteiger partial charge in [-0.1, -0.05) is 76.8 Å². The Kier molecular flexibility index (Phi) is 10.3. The molecule has 0 amide bonds. The first-order valence-corrected chi connectivity index (χ1v) is 22.7. The van der Waals surface area contributed by atoms with Gasteiger partial charge in [-0.25, -0.2) is 0 Å². The summed E-state index contributed by atoms with van der Waals surface area (Å²) in [6.07, 6.45) is 22.2. The van der Waals surface area contributed by atoms with Crippen LogP contribution in [0.2, 0.25) is 0 Å². The van der Waals surface area contributed by atoms with Gasteiger partial charge in [-0.2, -0.15) is 0 Å². The zero-order valence-corrected chi connectivity index (χ0v) is 33.8. The molecular weight excluding hydrogens is 856 g/mol. The second-order valence-electron chi connectivity index (χ2n) is 16.7. The summed E-state index contributed by atoms with van der Waals surface area (Å²) in [5, 5.41) is 33.8. The minimum absolute atomic E-state index is 0.0542. The first-order valence-electron chi connectivity index (χ1n) is 19.3. The molecule has 5 aliphatic heterocycles. The zero-order chi connectivity index (χ0) is 31.9. The fourth-order valence-corrected chi connectivity index (χ4v) is 13.1. The van der Waals surface area contributed by atoms with Crippen molar-refractivity contribution in [1.82, 2.24) is 42.5 Å². The third kappa shape index (κ3) is 6.47. The largest absolute Gasteiger partial charge is 0.348 e. The second kappa shape index (κ2) is 14.1. The minimum Gasteiger partial charge on any atom is -0.348 e. The summed E-state index contributed by atoms with van der Waals surface area (Å²) in [7, 11) is 0. The van der Waals surface area contributed by atoms with Gasteiger partial charge in [-0.15, -0.1) is 0 Å². The van der Waals surface area contributed by atoms with E-state index in [1.165, 1.54) is 89.9 Å². The van der Waals surface area contributed by atoms with E-state index in [4.69, 9.17) is 4.74 Å². The van der Waals surface area contributed by atoms with Gasteiger partial charge in [0.15, 0.2) is 3.42 Å². The van der Waals surface area contributed by atoms with Crippen LogP contribution in [-0.4, -0.2) is 62.6 Å². The lowest BCUT2D eigenvalue weighted by molar-refractivity contribution is -0.0504. The Labute approximate surface area is 315 Å². The Morgan fingerprint density at radius 1 is 0.404 bits per heavy atom. The van der Waals surface area contributed by atoms with Gasteiger partial charge < -0.3 is 4.74 Å². The van der Waals surface area contributed by atoms with Crippen LogP contribution >= 0.6 is 63.7 Å². The molecule has 266 valence electrons. The summed E-state index contributed by atoms with van der Waals surface area (Å²) in [5.74, 6) is 4.92. The molecule has 4 aliphatic carbocycles. The van der Waals surface area contributed by atoms with Gasteiger partial charge in [0.05, 0.1) is 55.4 Å². The molecule has 0 aromatic heterocycles. The SMILES string of the molecule is BrC(Br)C(Br)(Br)OC1CCCC2C3NC4NC(NC5NC(NC6NC(NC(N3)C12)C1CCCCC61)C1CCCCC51)C1CCCCC41. The second-order valence-corrected chi connectivity index (χ2v) is 23.2. The fourth-order valence-electron chi connectivity index (χ4n) is 12.4. The summed E-state index contributed by atoms with van der Waals surface area (Å²) in [6.45, 7) is 0.